The van der Waals surface area contributed by atoms with Crippen molar-refractivity contribution in [2.75, 3.05) is 37.0 Å². The molecule has 1 unspecified atom stereocenters. The van der Waals surface area contributed by atoms with Crippen LogP contribution >= 0.6 is 0 Å². The van der Waals surface area contributed by atoms with E-state index in [0.29, 0.717) is 6.54 Å². The molecule has 3 aromatic heterocycles. The highest BCUT2D eigenvalue weighted by molar-refractivity contribution is 5.83. The summed E-state index contributed by atoms with van der Waals surface area (Å²) in [6, 6.07) is -0.116. The van der Waals surface area contributed by atoms with Crippen LogP contribution in [0, 0.1) is 5.41 Å². The Morgan fingerprint density at radius 2 is 1.97 bits per heavy atom. The number of hydrogen-bond acceptors (Lipinski definition) is 8. The molecule has 0 fully saturated rings. The molecule has 0 saturated heterocycles. The van der Waals surface area contributed by atoms with E-state index in [4.69, 9.17) is 0 Å². The predicted octanol–water partition coefficient (Wildman–Crippen LogP) is 1.82. The quantitative estimate of drug-likeness (QED) is 0.713. The van der Waals surface area contributed by atoms with Crippen LogP contribution in [0.3, 0.4) is 0 Å². The van der Waals surface area contributed by atoms with Crippen LogP contribution in [0.1, 0.15) is 38.1 Å². The maximum Gasteiger partial charge on any atom is 0.225 e. The van der Waals surface area contributed by atoms with Crippen molar-refractivity contribution < 1.29 is 5.11 Å². The van der Waals surface area contributed by atoms with E-state index in [-0.39, 0.29) is 18.1 Å². The first kappa shape index (κ1) is 19.5. The number of aromatic nitrogens is 6. The van der Waals surface area contributed by atoms with Gasteiger partial charge in [-0.1, -0.05) is 20.8 Å². The topological polar surface area (TPSA) is 96.1 Å². The number of imidazole rings is 1. The zero-order chi connectivity index (χ0) is 20.8. The molecule has 0 aromatic carbocycles. The Balaban J connectivity index is 1.69. The number of aliphatic hydroxyl groups is 1. The fourth-order valence-electron chi connectivity index (χ4n) is 3.78. The molecule has 4 heterocycles. The van der Waals surface area contributed by atoms with E-state index >= 15 is 0 Å². The third-order valence-electron chi connectivity index (χ3n) is 5.47. The largest absolute Gasteiger partial charge is 0.394 e. The van der Waals surface area contributed by atoms with Gasteiger partial charge in [-0.05, 0) is 5.41 Å². The van der Waals surface area contributed by atoms with Gasteiger partial charge in [0.1, 0.15) is 6.33 Å². The maximum atomic E-state index is 9.96. The van der Waals surface area contributed by atoms with Crippen LogP contribution in [-0.4, -0.2) is 61.8 Å². The molecule has 4 rings (SSSR count). The molecule has 0 saturated carbocycles. The number of anilines is 2. The first-order chi connectivity index (χ1) is 13.8. The summed E-state index contributed by atoms with van der Waals surface area (Å²) in [7, 11) is 3.89. The highest BCUT2D eigenvalue weighted by Crippen LogP contribution is 2.34. The number of hydrogen-bond donors (Lipinski definition) is 1. The summed E-state index contributed by atoms with van der Waals surface area (Å²) in [5.41, 5.74) is 3.57. The van der Waals surface area contributed by atoms with Crippen molar-refractivity contribution in [1.29, 1.82) is 0 Å². The van der Waals surface area contributed by atoms with Crippen LogP contribution in [0.4, 0.5) is 11.8 Å². The standard InChI is InChI=1S/C20H28N8O/c1-20(2,3)15(10-29)28-12-24-16-17(22-11-23-18(16)28)27-7-6-14-13(9-27)8-21-19(25-14)26(4)5/h8,11-12,15,29H,6-7,9-10H2,1-5H3. The van der Waals surface area contributed by atoms with Crippen molar-refractivity contribution in [3.63, 3.8) is 0 Å². The summed E-state index contributed by atoms with van der Waals surface area (Å²) < 4.78 is 1.96. The van der Waals surface area contributed by atoms with Crippen molar-refractivity contribution in [3.8, 4) is 0 Å². The van der Waals surface area contributed by atoms with Gasteiger partial charge in [0.2, 0.25) is 5.95 Å². The van der Waals surface area contributed by atoms with Crippen LogP contribution in [0.15, 0.2) is 18.9 Å². The van der Waals surface area contributed by atoms with Crippen molar-refractivity contribution in [1.82, 2.24) is 29.5 Å². The number of fused-ring (bicyclic) bond motifs is 2. The van der Waals surface area contributed by atoms with Crippen LogP contribution in [-0.2, 0) is 13.0 Å². The lowest BCUT2D eigenvalue weighted by molar-refractivity contribution is 0.140. The number of nitrogens with zero attached hydrogens (tertiary/aromatic N) is 8. The zero-order valence-corrected chi connectivity index (χ0v) is 17.7. The van der Waals surface area contributed by atoms with E-state index in [0.717, 1.165) is 47.2 Å². The summed E-state index contributed by atoms with van der Waals surface area (Å²) in [6.07, 6.45) is 6.07. The monoisotopic (exact) mass is 396 g/mol. The Hall–Kier alpha value is -2.81. The average molecular weight is 396 g/mol. The molecular weight excluding hydrogens is 368 g/mol. The second-order valence-corrected chi connectivity index (χ2v) is 8.79. The van der Waals surface area contributed by atoms with Gasteiger partial charge >= 0.3 is 0 Å². The minimum Gasteiger partial charge on any atom is -0.394 e. The second-order valence-electron chi connectivity index (χ2n) is 8.79. The molecule has 1 N–H and O–H groups in total. The molecule has 0 radical (unpaired) electrons. The Morgan fingerprint density at radius 3 is 2.66 bits per heavy atom. The van der Waals surface area contributed by atoms with E-state index in [9.17, 15) is 5.11 Å². The Morgan fingerprint density at radius 1 is 1.17 bits per heavy atom. The van der Waals surface area contributed by atoms with Gasteiger partial charge in [0, 0.05) is 45.4 Å². The Bertz CT molecular complexity index is 1020. The Labute approximate surface area is 170 Å². The van der Waals surface area contributed by atoms with Crippen LogP contribution in [0.25, 0.3) is 11.2 Å². The van der Waals surface area contributed by atoms with Gasteiger partial charge in [0.05, 0.1) is 24.7 Å². The summed E-state index contributed by atoms with van der Waals surface area (Å²) in [5.74, 6) is 1.54. The molecule has 1 aliphatic heterocycles. The summed E-state index contributed by atoms with van der Waals surface area (Å²) in [5, 5.41) is 9.96. The summed E-state index contributed by atoms with van der Waals surface area (Å²) >= 11 is 0. The van der Waals surface area contributed by atoms with Crippen molar-refractivity contribution >= 4 is 22.9 Å². The van der Waals surface area contributed by atoms with Crippen LogP contribution < -0.4 is 9.80 Å². The normalized spacial score (nSPS) is 15.4. The highest BCUT2D eigenvalue weighted by atomic mass is 16.3. The molecule has 0 bridgehead atoms. The molecular formula is C20H28N8O. The smallest absolute Gasteiger partial charge is 0.225 e. The fraction of sp³-hybridized carbons (Fsp3) is 0.550. The van der Waals surface area contributed by atoms with E-state index in [2.05, 4.69) is 50.6 Å². The van der Waals surface area contributed by atoms with Gasteiger partial charge in [-0.3, -0.25) is 0 Å². The molecule has 154 valence electrons. The molecule has 9 heteroatoms. The molecule has 0 amide bonds. The number of rotatable bonds is 4. The van der Waals surface area contributed by atoms with E-state index in [1.165, 1.54) is 0 Å². The SMILES string of the molecule is CN(C)c1ncc2c(n1)CCN(c1ncnc3c1ncn3C(CO)C(C)(C)C)C2. The highest BCUT2D eigenvalue weighted by Gasteiger charge is 2.29. The summed E-state index contributed by atoms with van der Waals surface area (Å²) in [6.45, 7) is 7.82. The molecule has 1 aliphatic rings. The molecule has 0 aliphatic carbocycles. The van der Waals surface area contributed by atoms with Crippen molar-refractivity contribution in [2.45, 2.75) is 39.8 Å². The fourth-order valence-corrected chi connectivity index (χ4v) is 3.78. The third-order valence-corrected chi connectivity index (χ3v) is 5.47. The maximum absolute atomic E-state index is 9.96. The van der Waals surface area contributed by atoms with Gasteiger partial charge in [-0.15, -0.1) is 0 Å². The lowest BCUT2D eigenvalue weighted by Crippen LogP contribution is -2.32. The molecule has 9 nitrogen and oxygen atoms in total. The first-order valence-corrected chi connectivity index (χ1v) is 9.85. The van der Waals surface area contributed by atoms with Gasteiger partial charge < -0.3 is 19.5 Å². The van der Waals surface area contributed by atoms with Gasteiger partial charge in [0.25, 0.3) is 0 Å². The zero-order valence-electron chi connectivity index (χ0n) is 17.7. The van der Waals surface area contributed by atoms with Gasteiger partial charge in [-0.25, -0.2) is 24.9 Å². The molecule has 3 aromatic rings. The van der Waals surface area contributed by atoms with E-state index < -0.39 is 0 Å². The van der Waals surface area contributed by atoms with Gasteiger partial charge in [0.15, 0.2) is 17.0 Å². The molecule has 1 atom stereocenters. The molecule has 0 spiro atoms. The third kappa shape index (κ3) is 3.50. The van der Waals surface area contributed by atoms with E-state index in [1.54, 1.807) is 12.7 Å². The predicted molar refractivity (Wildman–Crippen MR) is 112 cm³/mol. The minimum atomic E-state index is -0.126. The van der Waals surface area contributed by atoms with Crippen LogP contribution in [0.5, 0.6) is 0 Å². The van der Waals surface area contributed by atoms with E-state index in [1.807, 2.05) is 29.8 Å². The van der Waals surface area contributed by atoms with Crippen molar-refractivity contribution in [2.24, 2.45) is 5.41 Å². The molecule has 29 heavy (non-hydrogen) atoms. The van der Waals surface area contributed by atoms with Gasteiger partial charge in [-0.2, -0.15) is 0 Å². The summed E-state index contributed by atoms with van der Waals surface area (Å²) in [4.78, 5) is 26.9. The first-order valence-electron chi connectivity index (χ1n) is 9.85. The number of aliphatic hydroxyl groups excluding tert-OH is 1. The lowest BCUT2D eigenvalue weighted by atomic mass is 9.87. The lowest BCUT2D eigenvalue weighted by Gasteiger charge is -2.31. The van der Waals surface area contributed by atoms with Crippen molar-refractivity contribution in [3.05, 3.63) is 30.1 Å². The Kier molecular flexibility index (Phi) is 4.85. The van der Waals surface area contributed by atoms with Crippen LogP contribution in [0.2, 0.25) is 0 Å². The average Bonchev–Trinajstić information content (AvgIpc) is 3.10. The second kappa shape index (κ2) is 7.22. The minimum absolute atomic E-state index is 0.0247.